The normalized spacial score (nSPS) is 11.3. The Bertz CT molecular complexity index is 1550. The van der Waals surface area contributed by atoms with Gasteiger partial charge in [0.2, 0.25) is 0 Å². The lowest BCUT2D eigenvalue weighted by Gasteiger charge is -2.06. The van der Waals surface area contributed by atoms with Gasteiger partial charge in [-0.1, -0.05) is 6.07 Å². The van der Waals surface area contributed by atoms with E-state index in [2.05, 4.69) is 20.4 Å². The van der Waals surface area contributed by atoms with Crippen LogP contribution in [0.15, 0.2) is 70.4 Å². The molecule has 0 bridgehead atoms. The molecule has 5 aromatic rings. The number of aromatic nitrogens is 6. The first-order valence-electron chi connectivity index (χ1n) is 9.45. The van der Waals surface area contributed by atoms with Gasteiger partial charge in [0.15, 0.2) is 0 Å². The molecule has 10 heteroatoms. The van der Waals surface area contributed by atoms with Crippen LogP contribution < -0.4 is 16.6 Å². The number of fused-ring (bicyclic) bond motifs is 2. The monoisotopic (exact) mass is 417 g/mol. The number of hydrogen-bond donors (Lipinski definition) is 1. The molecular formula is C21H16FN7O2. The summed E-state index contributed by atoms with van der Waals surface area (Å²) in [5.74, 6) is 0.334. The van der Waals surface area contributed by atoms with Crippen LogP contribution in [-0.4, -0.2) is 28.5 Å². The minimum Gasteiger partial charge on any atom is -0.340 e. The highest BCUT2D eigenvalue weighted by atomic mass is 19.1. The molecule has 5 rings (SSSR count). The van der Waals surface area contributed by atoms with E-state index < -0.39 is 0 Å². The van der Waals surface area contributed by atoms with Gasteiger partial charge < -0.3 is 5.32 Å². The fourth-order valence-corrected chi connectivity index (χ4v) is 3.37. The van der Waals surface area contributed by atoms with Gasteiger partial charge in [0.05, 0.1) is 12.2 Å². The van der Waals surface area contributed by atoms with E-state index in [-0.39, 0.29) is 29.4 Å². The van der Waals surface area contributed by atoms with Gasteiger partial charge in [0.25, 0.3) is 11.3 Å². The quantitative estimate of drug-likeness (QED) is 0.481. The summed E-state index contributed by atoms with van der Waals surface area (Å²) >= 11 is 0. The Morgan fingerprint density at radius 2 is 1.84 bits per heavy atom. The fourth-order valence-electron chi connectivity index (χ4n) is 3.37. The second-order valence-corrected chi connectivity index (χ2v) is 7.00. The van der Waals surface area contributed by atoms with Crippen molar-refractivity contribution >= 4 is 22.9 Å². The average molecular weight is 417 g/mol. The van der Waals surface area contributed by atoms with Crippen LogP contribution in [0.2, 0.25) is 0 Å². The first kappa shape index (κ1) is 18.7. The highest BCUT2D eigenvalue weighted by molar-refractivity contribution is 5.58. The van der Waals surface area contributed by atoms with Gasteiger partial charge in [-0.2, -0.15) is 4.98 Å². The Morgan fingerprint density at radius 3 is 2.65 bits per heavy atom. The lowest BCUT2D eigenvalue weighted by molar-refractivity contribution is 0.628. The van der Waals surface area contributed by atoms with Crippen LogP contribution in [0.4, 0.5) is 15.9 Å². The van der Waals surface area contributed by atoms with Gasteiger partial charge in [0.1, 0.15) is 17.3 Å². The molecule has 4 aromatic heterocycles. The zero-order chi connectivity index (χ0) is 21.5. The molecule has 0 aliphatic heterocycles. The predicted molar refractivity (Wildman–Crippen MR) is 112 cm³/mol. The number of rotatable bonds is 4. The SMILES string of the molecule is Cc1cc(Nc2ccc(F)cc2)nc2nn(Cc3cc(=O)n4ccccc4n3)c(=O)n12. The Morgan fingerprint density at radius 1 is 1.03 bits per heavy atom. The van der Waals surface area contributed by atoms with Crippen molar-refractivity contribution in [1.29, 1.82) is 0 Å². The summed E-state index contributed by atoms with van der Waals surface area (Å²) < 4.78 is 17.1. The number of aryl methyl sites for hydroxylation is 1. The van der Waals surface area contributed by atoms with Crippen LogP contribution in [0.25, 0.3) is 11.4 Å². The van der Waals surface area contributed by atoms with Gasteiger partial charge in [-0.25, -0.2) is 23.3 Å². The molecule has 0 radical (unpaired) electrons. The lowest BCUT2D eigenvalue weighted by Crippen LogP contribution is -2.24. The highest BCUT2D eigenvalue weighted by Gasteiger charge is 2.14. The summed E-state index contributed by atoms with van der Waals surface area (Å²) in [6.07, 6.45) is 1.63. The van der Waals surface area contributed by atoms with Gasteiger partial charge in [-0.3, -0.25) is 9.20 Å². The number of nitrogens with zero attached hydrogens (tertiary/aromatic N) is 6. The lowest BCUT2D eigenvalue weighted by atomic mass is 10.3. The van der Waals surface area contributed by atoms with Crippen molar-refractivity contribution in [3.63, 3.8) is 0 Å². The second-order valence-electron chi connectivity index (χ2n) is 7.00. The van der Waals surface area contributed by atoms with E-state index in [0.717, 1.165) is 0 Å². The zero-order valence-corrected chi connectivity index (χ0v) is 16.4. The predicted octanol–water partition coefficient (Wildman–Crippen LogP) is 2.14. The minimum absolute atomic E-state index is 0.0307. The molecule has 0 unspecified atom stereocenters. The number of nitrogens with one attached hydrogen (secondary N) is 1. The maximum atomic E-state index is 13.1. The molecule has 0 atom stereocenters. The van der Waals surface area contributed by atoms with E-state index in [9.17, 15) is 14.0 Å². The molecular weight excluding hydrogens is 401 g/mol. The van der Waals surface area contributed by atoms with Crippen LogP contribution in [0, 0.1) is 12.7 Å². The van der Waals surface area contributed by atoms with Crippen molar-refractivity contribution < 1.29 is 4.39 Å². The first-order valence-corrected chi connectivity index (χ1v) is 9.45. The van der Waals surface area contributed by atoms with Crippen LogP contribution in [0.1, 0.15) is 11.4 Å². The third-order valence-electron chi connectivity index (χ3n) is 4.79. The number of hydrogen-bond acceptors (Lipinski definition) is 6. The maximum Gasteiger partial charge on any atom is 0.352 e. The van der Waals surface area contributed by atoms with E-state index in [0.29, 0.717) is 28.5 Å². The topological polar surface area (TPSA) is 98.6 Å². The molecule has 4 heterocycles. The van der Waals surface area contributed by atoms with Crippen LogP contribution in [-0.2, 0) is 6.54 Å². The molecule has 1 N–H and O–H groups in total. The van der Waals surface area contributed by atoms with Crippen LogP contribution in [0.3, 0.4) is 0 Å². The van der Waals surface area contributed by atoms with Crippen molar-refractivity contribution in [2.75, 3.05) is 5.32 Å². The summed E-state index contributed by atoms with van der Waals surface area (Å²) in [5.41, 5.74) is 1.56. The molecule has 0 spiro atoms. The zero-order valence-electron chi connectivity index (χ0n) is 16.4. The van der Waals surface area contributed by atoms with E-state index in [4.69, 9.17) is 0 Å². The fraction of sp³-hybridized carbons (Fsp3) is 0.0952. The molecule has 0 aliphatic carbocycles. The summed E-state index contributed by atoms with van der Waals surface area (Å²) in [5, 5.41) is 7.37. The number of pyridine rings is 1. The molecule has 0 aliphatic rings. The van der Waals surface area contributed by atoms with E-state index in [1.54, 1.807) is 49.5 Å². The third kappa shape index (κ3) is 3.44. The Hall–Kier alpha value is -4.34. The Labute approximate surface area is 174 Å². The Balaban J connectivity index is 1.52. The van der Waals surface area contributed by atoms with Gasteiger partial charge >= 0.3 is 5.69 Å². The molecule has 0 saturated carbocycles. The van der Waals surface area contributed by atoms with E-state index in [1.165, 1.54) is 31.7 Å². The van der Waals surface area contributed by atoms with E-state index in [1.807, 2.05) is 0 Å². The number of anilines is 2. The molecule has 0 fully saturated rings. The maximum absolute atomic E-state index is 13.1. The molecule has 0 saturated heterocycles. The number of benzene rings is 1. The summed E-state index contributed by atoms with van der Waals surface area (Å²) in [6.45, 7) is 1.79. The van der Waals surface area contributed by atoms with Crippen molar-refractivity contribution in [2.24, 2.45) is 0 Å². The summed E-state index contributed by atoms with van der Waals surface area (Å²) in [6, 6.07) is 14.2. The van der Waals surface area contributed by atoms with Crippen LogP contribution in [0.5, 0.6) is 0 Å². The standard InChI is InChI=1S/C21H16FN7O2/c1-13-10-17(23-15-7-5-14(22)6-8-15)25-20-26-28(21(31)29(13)20)12-16-11-19(30)27-9-3-2-4-18(27)24-16/h2-11H,12H2,1H3,(H,23,25,26). The van der Waals surface area contributed by atoms with Gasteiger partial charge in [-0.05, 0) is 43.3 Å². The molecule has 31 heavy (non-hydrogen) atoms. The Kier molecular flexibility index (Phi) is 4.32. The molecule has 154 valence electrons. The van der Waals surface area contributed by atoms with Gasteiger partial charge in [-0.15, -0.1) is 5.10 Å². The minimum atomic E-state index is -0.386. The van der Waals surface area contributed by atoms with Crippen molar-refractivity contribution in [2.45, 2.75) is 13.5 Å². The average Bonchev–Trinajstić information content (AvgIpc) is 3.05. The highest BCUT2D eigenvalue weighted by Crippen LogP contribution is 2.16. The molecule has 0 amide bonds. The van der Waals surface area contributed by atoms with Gasteiger partial charge in [0, 0.05) is 29.7 Å². The van der Waals surface area contributed by atoms with Crippen molar-refractivity contribution in [3.05, 3.63) is 98.8 Å². The smallest absolute Gasteiger partial charge is 0.340 e. The third-order valence-corrected chi connectivity index (χ3v) is 4.79. The van der Waals surface area contributed by atoms with Crippen molar-refractivity contribution in [3.8, 4) is 0 Å². The van der Waals surface area contributed by atoms with Crippen LogP contribution >= 0.6 is 0 Å². The number of halogens is 1. The summed E-state index contributed by atoms with van der Waals surface area (Å²) in [7, 11) is 0. The summed E-state index contributed by atoms with van der Waals surface area (Å²) in [4.78, 5) is 34.0. The van der Waals surface area contributed by atoms with E-state index >= 15 is 0 Å². The first-order chi connectivity index (χ1) is 15.0. The largest absolute Gasteiger partial charge is 0.352 e. The molecule has 1 aromatic carbocycles. The van der Waals surface area contributed by atoms with Crippen molar-refractivity contribution in [1.82, 2.24) is 28.5 Å². The molecule has 9 nitrogen and oxygen atoms in total. The second kappa shape index (κ2) is 7.17.